The van der Waals surface area contributed by atoms with Gasteiger partial charge in [-0.3, -0.25) is 5.32 Å². The van der Waals surface area contributed by atoms with Crippen molar-refractivity contribution in [3.63, 3.8) is 0 Å². The van der Waals surface area contributed by atoms with E-state index in [1.54, 1.807) is 11.3 Å². The lowest BCUT2D eigenvalue weighted by molar-refractivity contribution is 0.482. The fourth-order valence-corrected chi connectivity index (χ4v) is 2.77. The number of nitriles is 1. The van der Waals surface area contributed by atoms with Crippen molar-refractivity contribution in [2.24, 2.45) is 0 Å². The highest BCUT2D eigenvalue weighted by atomic mass is 32.2. The van der Waals surface area contributed by atoms with Crippen LogP contribution in [0.3, 0.4) is 0 Å². The average molecular weight is 210 g/mol. The summed E-state index contributed by atoms with van der Waals surface area (Å²) in [5.74, 6) is 1.85. The molecule has 1 saturated heterocycles. The summed E-state index contributed by atoms with van der Waals surface area (Å²) < 4.78 is 0. The van der Waals surface area contributed by atoms with Gasteiger partial charge >= 0.3 is 0 Å². The van der Waals surface area contributed by atoms with Gasteiger partial charge in [0.2, 0.25) is 0 Å². The van der Waals surface area contributed by atoms with Crippen LogP contribution in [0.25, 0.3) is 0 Å². The van der Waals surface area contributed by atoms with E-state index in [2.05, 4.69) is 22.8 Å². The van der Waals surface area contributed by atoms with E-state index in [0.717, 1.165) is 18.1 Å². The number of thioether (sulfide) groups is 1. The van der Waals surface area contributed by atoms with Crippen molar-refractivity contribution in [3.05, 3.63) is 22.4 Å². The molecule has 0 aliphatic carbocycles. The smallest absolute Gasteiger partial charge is 0.125 e. The molecule has 2 heterocycles. The van der Waals surface area contributed by atoms with Crippen molar-refractivity contribution in [1.82, 2.24) is 5.32 Å². The van der Waals surface area contributed by atoms with Crippen LogP contribution in [-0.2, 0) is 6.54 Å². The first-order valence-electron chi connectivity index (χ1n) is 4.11. The topological polar surface area (TPSA) is 35.8 Å². The monoisotopic (exact) mass is 210 g/mol. The van der Waals surface area contributed by atoms with Crippen LogP contribution < -0.4 is 5.32 Å². The third kappa shape index (κ3) is 1.88. The van der Waals surface area contributed by atoms with Gasteiger partial charge in [0.1, 0.15) is 5.54 Å². The third-order valence-corrected chi connectivity index (χ3v) is 4.36. The minimum absolute atomic E-state index is 0.241. The number of nitrogens with one attached hydrogen (secondary N) is 1. The summed E-state index contributed by atoms with van der Waals surface area (Å²) in [6.45, 7) is 0.825. The van der Waals surface area contributed by atoms with Gasteiger partial charge in [0.25, 0.3) is 0 Å². The zero-order valence-corrected chi connectivity index (χ0v) is 8.75. The standard InChI is InChI=1S/C9H10N2S2/c10-5-9(6-12-7-9)11-4-8-2-1-3-13-8/h1-3,11H,4,6-7H2. The lowest BCUT2D eigenvalue weighted by Crippen LogP contribution is -2.54. The predicted molar refractivity (Wildman–Crippen MR) is 56.8 cm³/mol. The van der Waals surface area contributed by atoms with Crippen molar-refractivity contribution in [2.45, 2.75) is 12.1 Å². The molecule has 13 heavy (non-hydrogen) atoms. The fourth-order valence-electron chi connectivity index (χ4n) is 1.18. The summed E-state index contributed by atoms with van der Waals surface area (Å²) in [5, 5.41) is 14.3. The zero-order valence-electron chi connectivity index (χ0n) is 7.12. The molecule has 4 heteroatoms. The van der Waals surface area contributed by atoms with Gasteiger partial charge in [-0.05, 0) is 11.4 Å². The van der Waals surface area contributed by atoms with Gasteiger partial charge in [-0.2, -0.15) is 17.0 Å². The Labute approximate surface area is 86.0 Å². The Morgan fingerprint density at radius 1 is 1.62 bits per heavy atom. The molecule has 1 fully saturated rings. The van der Waals surface area contributed by atoms with Gasteiger partial charge in [-0.15, -0.1) is 11.3 Å². The minimum atomic E-state index is -0.241. The van der Waals surface area contributed by atoms with E-state index in [1.807, 2.05) is 17.8 Å². The van der Waals surface area contributed by atoms with Gasteiger partial charge in [0.05, 0.1) is 6.07 Å². The molecule has 1 N–H and O–H groups in total. The quantitative estimate of drug-likeness (QED) is 0.827. The maximum absolute atomic E-state index is 8.94. The number of nitrogens with zero attached hydrogens (tertiary/aromatic N) is 1. The SMILES string of the molecule is N#CC1(NCc2cccs2)CSC1. The van der Waals surface area contributed by atoms with Crippen LogP contribution in [0.2, 0.25) is 0 Å². The Balaban J connectivity index is 1.89. The first-order valence-corrected chi connectivity index (χ1v) is 6.14. The van der Waals surface area contributed by atoms with E-state index in [0.29, 0.717) is 0 Å². The molecule has 1 aromatic rings. The molecule has 0 bridgehead atoms. The van der Waals surface area contributed by atoms with Crippen LogP contribution in [0, 0.1) is 11.3 Å². The van der Waals surface area contributed by atoms with E-state index in [9.17, 15) is 0 Å². The number of rotatable bonds is 3. The molecule has 2 nitrogen and oxygen atoms in total. The molecule has 1 aliphatic heterocycles. The molecule has 1 aromatic heterocycles. The first kappa shape index (κ1) is 9.07. The van der Waals surface area contributed by atoms with Crippen LogP contribution in [-0.4, -0.2) is 17.0 Å². The minimum Gasteiger partial charge on any atom is -0.293 e. The Morgan fingerprint density at radius 3 is 2.92 bits per heavy atom. The Hall–Kier alpha value is -0.500. The molecule has 0 amide bonds. The van der Waals surface area contributed by atoms with Crippen molar-refractivity contribution >= 4 is 23.1 Å². The molecule has 0 unspecified atom stereocenters. The van der Waals surface area contributed by atoms with Crippen LogP contribution in [0.1, 0.15) is 4.88 Å². The molecule has 0 aromatic carbocycles. The van der Waals surface area contributed by atoms with E-state index in [1.165, 1.54) is 4.88 Å². The molecular weight excluding hydrogens is 200 g/mol. The van der Waals surface area contributed by atoms with Gasteiger partial charge in [-0.1, -0.05) is 6.07 Å². The number of hydrogen-bond donors (Lipinski definition) is 1. The maximum Gasteiger partial charge on any atom is 0.125 e. The molecule has 0 atom stereocenters. The van der Waals surface area contributed by atoms with E-state index in [-0.39, 0.29) is 5.54 Å². The summed E-state index contributed by atoms with van der Waals surface area (Å²) in [5.41, 5.74) is -0.241. The van der Waals surface area contributed by atoms with Gasteiger partial charge in [0.15, 0.2) is 0 Å². The zero-order chi connectivity index (χ0) is 9.15. The molecule has 0 radical (unpaired) electrons. The predicted octanol–water partition coefficient (Wildman–Crippen LogP) is 1.85. The molecule has 0 saturated carbocycles. The Kier molecular flexibility index (Phi) is 2.58. The van der Waals surface area contributed by atoms with Crippen molar-refractivity contribution < 1.29 is 0 Å². The second-order valence-electron chi connectivity index (χ2n) is 3.12. The molecule has 2 rings (SSSR count). The molecule has 68 valence electrons. The van der Waals surface area contributed by atoms with Crippen LogP contribution in [0.15, 0.2) is 17.5 Å². The van der Waals surface area contributed by atoms with Crippen molar-refractivity contribution in [2.75, 3.05) is 11.5 Å². The van der Waals surface area contributed by atoms with Crippen LogP contribution >= 0.6 is 23.1 Å². The second kappa shape index (κ2) is 3.70. The van der Waals surface area contributed by atoms with Gasteiger partial charge < -0.3 is 0 Å². The van der Waals surface area contributed by atoms with Crippen molar-refractivity contribution in [1.29, 1.82) is 5.26 Å². The summed E-state index contributed by atoms with van der Waals surface area (Å²) >= 11 is 3.55. The van der Waals surface area contributed by atoms with Gasteiger partial charge in [-0.25, -0.2) is 0 Å². The summed E-state index contributed by atoms with van der Waals surface area (Å²) in [6, 6.07) is 6.48. The summed E-state index contributed by atoms with van der Waals surface area (Å²) in [4.78, 5) is 1.30. The van der Waals surface area contributed by atoms with Crippen molar-refractivity contribution in [3.8, 4) is 6.07 Å². The Morgan fingerprint density at radius 2 is 2.46 bits per heavy atom. The summed E-state index contributed by atoms with van der Waals surface area (Å²) in [6.07, 6.45) is 0. The molecule has 0 spiro atoms. The number of hydrogen-bond acceptors (Lipinski definition) is 4. The highest BCUT2D eigenvalue weighted by molar-refractivity contribution is 8.00. The van der Waals surface area contributed by atoms with E-state index >= 15 is 0 Å². The highest BCUT2D eigenvalue weighted by Gasteiger charge is 2.37. The lowest BCUT2D eigenvalue weighted by Gasteiger charge is -2.35. The first-order chi connectivity index (χ1) is 6.35. The van der Waals surface area contributed by atoms with Gasteiger partial charge in [0, 0.05) is 22.9 Å². The largest absolute Gasteiger partial charge is 0.293 e. The van der Waals surface area contributed by atoms with Crippen LogP contribution in [0.5, 0.6) is 0 Å². The second-order valence-corrected chi connectivity index (χ2v) is 5.14. The maximum atomic E-state index is 8.94. The average Bonchev–Trinajstić information content (AvgIpc) is 2.56. The van der Waals surface area contributed by atoms with E-state index in [4.69, 9.17) is 5.26 Å². The highest BCUT2D eigenvalue weighted by Crippen LogP contribution is 2.29. The third-order valence-electron chi connectivity index (χ3n) is 2.09. The molecule has 1 aliphatic rings. The van der Waals surface area contributed by atoms with Crippen LogP contribution in [0.4, 0.5) is 0 Å². The fraction of sp³-hybridized carbons (Fsp3) is 0.444. The summed E-state index contributed by atoms with van der Waals surface area (Å²) in [7, 11) is 0. The lowest BCUT2D eigenvalue weighted by atomic mass is 10.1. The molecular formula is C9H10N2S2. The number of thiophene rings is 1. The normalized spacial score (nSPS) is 19.0. The van der Waals surface area contributed by atoms with E-state index < -0.39 is 0 Å². The Bertz CT molecular complexity index is 309.